The summed E-state index contributed by atoms with van der Waals surface area (Å²) in [5.41, 5.74) is 2.29. The van der Waals surface area contributed by atoms with Gasteiger partial charge in [0.05, 0.1) is 62.5 Å². The van der Waals surface area contributed by atoms with E-state index in [1.807, 2.05) is 0 Å². The van der Waals surface area contributed by atoms with E-state index >= 15 is 0 Å². The maximum absolute atomic E-state index is 14.1. The van der Waals surface area contributed by atoms with Crippen molar-refractivity contribution < 1.29 is 43.1 Å². The smallest absolute Gasteiger partial charge is 0.338 e. The fourth-order valence-corrected chi connectivity index (χ4v) is 6.41. The molecule has 0 spiro atoms. The molecule has 0 saturated carbocycles. The zero-order valence-electron chi connectivity index (χ0n) is 27.2. The van der Waals surface area contributed by atoms with E-state index in [0.717, 1.165) is 0 Å². The van der Waals surface area contributed by atoms with E-state index in [2.05, 4.69) is 4.99 Å². The molecule has 1 aromatic heterocycles. The first kappa shape index (κ1) is 33.8. The van der Waals surface area contributed by atoms with E-state index in [1.165, 1.54) is 50.4 Å². The SMILES string of the molecule is CCOC(=O)C1=C(C)N=c2s/c(=C\c3ccc(OCc4cccc(C(=O)O)c4)c(OC)c3)c(=O)n2[C@H]1c1cc(OC)c(OC)c(OC)c1. The zero-order chi connectivity index (χ0) is 34.5. The molecule has 13 heteroatoms. The van der Waals surface area contributed by atoms with Crippen LogP contribution in [-0.2, 0) is 16.1 Å². The summed E-state index contributed by atoms with van der Waals surface area (Å²) in [6, 6.07) is 14.2. The first-order chi connectivity index (χ1) is 23.1. The standard InChI is InChI=1S/C35H34N2O10S/c1-7-46-34(41)29-19(2)36-35-37(30(29)23-16-26(43-4)31(45-6)27(17-23)44-5)32(38)28(48-35)15-20-11-12-24(25(14-20)42-3)47-18-21-9-8-10-22(13-21)33(39)40/h8-17,30H,7,18H2,1-6H3,(H,39,40)/b28-15-/t30-/m0/s1. The number of esters is 1. The number of carboxylic acids is 1. The van der Waals surface area contributed by atoms with Gasteiger partial charge in [-0.2, -0.15) is 0 Å². The molecule has 1 N–H and O–H groups in total. The molecule has 1 aliphatic heterocycles. The number of aromatic carboxylic acids is 1. The van der Waals surface area contributed by atoms with Gasteiger partial charge in [-0.05, 0) is 73.0 Å². The lowest BCUT2D eigenvalue weighted by molar-refractivity contribution is -0.139. The van der Waals surface area contributed by atoms with Gasteiger partial charge in [0.1, 0.15) is 6.61 Å². The second-order valence-corrected chi connectivity index (χ2v) is 11.5. The normalized spacial score (nSPS) is 14.1. The molecule has 0 unspecified atom stereocenters. The van der Waals surface area contributed by atoms with Crippen LogP contribution in [-0.4, -0.2) is 56.7 Å². The van der Waals surface area contributed by atoms with Gasteiger partial charge < -0.3 is 33.5 Å². The van der Waals surface area contributed by atoms with Gasteiger partial charge >= 0.3 is 11.9 Å². The highest BCUT2D eigenvalue weighted by Gasteiger charge is 2.34. The Bertz CT molecular complexity index is 2070. The van der Waals surface area contributed by atoms with Crippen molar-refractivity contribution >= 4 is 29.4 Å². The number of thiazole rings is 1. The number of hydrogen-bond donors (Lipinski definition) is 1. The first-order valence-corrected chi connectivity index (χ1v) is 15.6. The number of allylic oxidation sites excluding steroid dienone is 1. The number of nitrogens with zero attached hydrogens (tertiary/aromatic N) is 2. The van der Waals surface area contributed by atoms with Crippen LogP contribution < -0.4 is 38.6 Å². The molecule has 0 saturated heterocycles. The Labute approximate surface area is 279 Å². The van der Waals surface area contributed by atoms with Crippen molar-refractivity contribution in [1.82, 2.24) is 4.57 Å². The maximum Gasteiger partial charge on any atom is 0.338 e. The molecule has 0 bridgehead atoms. The van der Waals surface area contributed by atoms with Gasteiger partial charge in [-0.1, -0.05) is 29.5 Å². The highest BCUT2D eigenvalue weighted by Crippen LogP contribution is 2.42. The second-order valence-electron chi connectivity index (χ2n) is 10.5. The third-order valence-corrected chi connectivity index (χ3v) is 8.56. The third kappa shape index (κ3) is 6.63. The van der Waals surface area contributed by atoms with E-state index in [1.54, 1.807) is 68.5 Å². The van der Waals surface area contributed by atoms with Gasteiger partial charge in [0.25, 0.3) is 5.56 Å². The number of carbonyl (C=O) groups is 2. The number of hydrogen-bond acceptors (Lipinski definition) is 11. The quantitative estimate of drug-likeness (QED) is 0.218. The van der Waals surface area contributed by atoms with Gasteiger partial charge in [-0.25, -0.2) is 14.6 Å². The average molecular weight is 675 g/mol. The van der Waals surface area contributed by atoms with Gasteiger partial charge in [0, 0.05) is 0 Å². The minimum absolute atomic E-state index is 0.124. The largest absolute Gasteiger partial charge is 0.493 e. The molecular weight excluding hydrogens is 640 g/mol. The van der Waals surface area contributed by atoms with Crippen molar-refractivity contribution in [2.45, 2.75) is 26.5 Å². The Morgan fingerprint density at radius 1 is 0.938 bits per heavy atom. The lowest BCUT2D eigenvalue weighted by atomic mass is 9.95. The van der Waals surface area contributed by atoms with Gasteiger partial charge in [0.2, 0.25) is 5.75 Å². The number of carbonyl (C=O) groups excluding carboxylic acids is 1. The Kier molecular flexibility index (Phi) is 10.2. The van der Waals surface area contributed by atoms with Gasteiger partial charge in [-0.15, -0.1) is 0 Å². The van der Waals surface area contributed by atoms with Crippen molar-refractivity contribution in [1.29, 1.82) is 0 Å². The topological polar surface area (TPSA) is 144 Å². The summed E-state index contributed by atoms with van der Waals surface area (Å²) in [6.07, 6.45) is 1.71. The van der Waals surface area contributed by atoms with Crippen LogP contribution in [0.1, 0.15) is 46.9 Å². The average Bonchev–Trinajstić information content (AvgIpc) is 3.39. The Hall–Kier alpha value is -5.56. The summed E-state index contributed by atoms with van der Waals surface area (Å²) in [5, 5.41) is 9.28. The van der Waals surface area contributed by atoms with Crippen LogP contribution >= 0.6 is 11.3 Å². The molecule has 0 amide bonds. The summed E-state index contributed by atoms with van der Waals surface area (Å²) in [6.45, 7) is 3.67. The maximum atomic E-state index is 14.1. The van der Waals surface area contributed by atoms with Crippen LogP contribution in [0.4, 0.5) is 0 Å². The molecule has 250 valence electrons. The number of rotatable bonds is 12. The molecule has 4 aromatic rings. The Balaban J connectivity index is 1.58. The molecule has 48 heavy (non-hydrogen) atoms. The highest BCUT2D eigenvalue weighted by molar-refractivity contribution is 7.07. The number of methoxy groups -OCH3 is 4. The summed E-state index contributed by atoms with van der Waals surface area (Å²) in [5.74, 6) is 0.319. The number of aromatic nitrogens is 1. The Morgan fingerprint density at radius 2 is 1.65 bits per heavy atom. The van der Waals surface area contributed by atoms with E-state index in [-0.39, 0.29) is 29.9 Å². The molecule has 1 aliphatic rings. The van der Waals surface area contributed by atoms with Crippen molar-refractivity contribution in [3.05, 3.63) is 108 Å². The minimum atomic E-state index is -1.02. The van der Waals surface area contributed by atoms with Crippen molar-refractivity contribution in [3.63, 3.8) is 0 Å². The van der Waals surface area contributed by atoms with Crippen LogP contribution in [0.3, 0.4) is 0 Å². The third-order valence-electron chi connectivity index (χ3n) is 7.57. The molecule has 3 aromatic carbocycles. The number of ether oxygens (including phenoxy) is 6. The molecule has 0 fully saturated rings. The lowest BCUT2D eigenvalue weighted by Crippen LogP contribution is -2.40. The fraction of sp³-hybridized carbons (Fsp3) is 0.257. The lowest BCUT2D eigenvalue weighted by Gasteiger charge is -2.26. The summed E-state index contributed by atoms with van der Waals surface area (Å²) in [4.78, 5) is 43.8. The van der Waals surface area contributed by atoms with Gasteiger partial charge in [-0.3, -0.25) is 9.36 Å². The van der Waals surface area contributed by atoms with E-state index in [4.69, 9.17) is 28.4 Å². The minimum Gasteiger partial charge on any atom is -0.493 e. The zero-order valence-corrected chi connectivity index (χ0v) is 28.0. The molecule has 12 nitrogen and oxygen atoms in total. The van der Waals surface area contributed by atoms with Crippen molar-refractivity contribution in [2.24, 2.45) is 4.99 Å². The molecule has 2 heterocycles. The van der Waals surface area contributed by atoms with Crippen LogP contribution in [0.5, 0.6) is 28.7 Å². The predicted molar refractivity (Wildman–Crippen MR) is 177 cm³/mol. The second kappa shape index (κ2) is 14.5. The van der Waals surface area contributed by atoms with Crippen molar-refractivity contribution in [2.75, 3.05) is 35.0 Å². The van der Waals surface area contributed by atoms with E-state index < -0.39 is 18.0 Å². The predicted octanol–water partition coefficient (Wildman–Crippen LogP) is 4.11. The molecule has 0 aliphatic carbocycles. The molecule has 1 atom stereocenters. The van der Waals surface area contributed by atoms with Crippen molar-refractivity contribution in [3.8, 4) is 28.7 Å². The first-order valence-electron chi connectivity index (χ1n) is 14.8. The van der Waals surface area contributed by atoms with E-state index in [9.17, 15) is 19.5 Å². The highest BCUT2D eigenvalue weighted by atomic mass is 32.1. The monoisotopic (exact) mass is 674 g/mol. The van der Waals surface area contributed by atoms with Crippen LogP contribution in [0.25, 0.3) is 6.08 Å². The summed E-state index contributed by atoms with van der Waals surface area (Å²) >= 11 is 1.18. The molecule has 0 radical (unpaired) electrons. The number of carboxylic acid groups (broad SMARTS) is 1. The van der Waals surface area contributed by atoms with E-state index in [0.29, 0.717) is 60.5 Å². The van der Waals surface area contributed by atoms with Crippen LogP contribution in [0.2, 0.25) is 0 Å². The Morgan fingerprint density at radius 3 is 2.27 bits per heavy atom. The summed E-state index contributed by atoms with van der Waals surface area (Å²) < 4.78 is 35.4. The molecular formula is C35H34N2O10S. The number of fused-ring (bicyclic) bond motifs is 1. The number of benzene rings is 3. The molecule has 5 rings (SSSR count). The van der Waals surface area contributed by atoms with Gasteiger partial charge in [0.15, 0.2) is 27.8 Å². The summed E-state index contributed by atoms with van der Waals surface area (Å²) in [7, 11) is 5.97. The fourth-order valence-electron chi connectivity index (χ4n) is 5.37. The van der Waals surface area contributed by atoms with Crippen LogP contribution in [0.15, 0.2) is 75.7 Å². The van der Waals surface area contributed by atoms with Crippen LogP contribution in [0, 0.1) is 0 Å².